The van der Waals surface area contributed by atoms with Crippen LogP contribution in [-0.4, -0.2) is 37.6 Å². The molecule has 0 aliphatic heterocycles. The van der Waals surface area contributed by atoms with E-state index >= 15 is 0 Å². The van der Waals surface area contributed by atoms with Gasteiger partial charge in [-0.2, -0.15) is 5.10 Å². The van der Waals surface area contributed by atoms with Crippen molar-refractivity contribution < 1.29 is 0 Å². The number of hydrogen-bond donors (Lipinski definition) is 0. The molecule has 3 nitrogen and oxygen atoms in total. The predicted octanol–water partition coefficient (Wildman–Crippen LogP) is 2.68. The number of hydrogen-bond acceptors (Lipinski definition) is 3. The molecule has 0 saturated heterocycles. The summed E-state index contributed by atoms with van der Waals surface area (Å²) in [5.74, 6) is 1.26. The zero-order valence-electron chi connectivity index (χ0n) is 11.3. The lowest BCUT2D eigenvalue weighted by atomic mass is 9.99. The third-order valence-corrected chi connectivity index (χ3v) is 3.51. The molecule has 0 radical (unpaired) electrons. The summed E-state index contributed by atoms with van der Waals surface area (Å²) in [5, 5.41) is 6.38. The molecule has 1 aliphatic carbocycles. The zero-order valence-corrected chi connectivity index (χ0v) is 11.3. The van der Waals surface area contributed by atoms with Crippen molar-refractivity contribution in [2.45, 2.75) is 34.1 Å². The summed E-state index contributed by atoms with van der Waals surface area (Å²) >= 11 is 0. The minimum absolute atomic E-state index is 0.326. The molecule has 1 saturated carbocycles. The normalized spacial score (nSPS) is 31.2. The lowest BCUT2D eigenvalue weighted by molar-refractivity contribution is 0.373. The molecular weight excluding hydrogens is 198 g/mol. The number of hydrazone groups is 1. The fourth-order valence-electron chi connectivity index (χ4n) is 2.05. The minimum atomic E-state index is 0.326. The summed E-state index contributed by atoms with van der Waals surface area (Å²) in [7, 11) is 2.01. The van der Waals surface area contributed by atoms with Crippen molar-refractivity contribution >= 4 is 12.4 Å². The van der Waals surface area contributed by atoms with Crippen LogP contribution in [0.1, 0.15) is 34.1 Å². The molecule has 16 heavy (non-hydrogen) atoms. The van der Waals surface area contributed by atoms with Gasteiger partial charge in [0, 0.05) is 38.0 Å². The highest BCUT2D eigenvalue weighted by Crippen LogP contribution is 2.54. The molecule has 0 amide bonds. The smallest absolute Gasteiger partial charge is 0.0357 e. The second-order valence-corrected chi connectivity index (χ2v) is 5.04. The molecule has 0 aromatic carbocycles. The Labute approximate surface area is 99.6 Å². The average Bonchev–Trinajstić information content (AvgIpc) is 2.96. The molecule has 3 atom stereocenters. The fraction of sp³-hybridized carbons (Fsp3) is 0.846. The fourth-order valence-corrected chi connectivity index (χ4v) is 2.05. The van der Waals surface area contributed by atoms with Gasteiger partial charge in [0.1, 0.15) is 0 Å². The van der Waals surface area contributed by atoms with Gasteiger partial charge < -0.3 is 5.01 Å². The highest BCUT2D eigenvalue weighted by Gasteiger charge is 2.50. The van der Waals surface area contributed by atoms with E-state index in [1.165, 1.54) is 6.42 Å². The Morgan fingerprint density at radius 1 is 1.50 bits per heavy atom. The van der Waals surface area contributed by atoms with E-state index in [9.17, 15) is 0 Å². The number of nitrogens with zero attached hydrogens (tertiary/aromatic N) is 3. The summed E-state index contributed by atoms with van der Waals surface area (Å²) in [6, 6.07) is 0. The third-order valence-electron chi connectivity index (χ3n) is 3.51. The molecule has 0 aromatic heterocycles. The molecule has 0 bridgehead atoms. The maximum absolute atomic E-state index is 4.41. The lowest BCUT2D eigenvalue weighted by Gasteiger charge is -2.12. The Kier molecular flexibility index (Phi) is 4.51. The van der Waals surface area contributed by atoms with Crippen molar-refractivity contribution in [3.63, 3.8) is 0 Å². The predicted molar refractivity (Wildman–Crippen MR) is 71.2 cm³/mol. The van der Waals surface area contributed by atoms with Gasteiger partial charge in [0.25, 0.3) is 0 Å². The summed E-state index contributed by atoms with van der Waals surface area (Å²) in [4.78, 5) is 4.37. The Morgan fingerprint density at radius 3 is 2.75 bits per heavy atom. The van der Waals surface area contributed by atoms with Crippen LogP contribution < -0.4 is 0 Å². The van der Waals surface area contributed by atoms with E-state index < -0.39 is 0 Å². The second-order valence-electron chi connectivity index (χ2n) is 5.04. The van der Waals surface area contributed by atoms with Crippen LogP contribution in [0, 0.1) is 17.3 Å². The molecule has 0 spiro atoms. The monoisotopic (exact) mass is 223 g/mol. The van der Waals surface area contributed by atoms with Gasteiger partial charge in [0.15, 0.2) is 0 Å². The van der Waals surface area contributed by atoms with Gasteiger partial charge in [-0.15, -0.1) is 0 Å². The van der Waals surface area contributed by atoms with Crippen LogP contribution >= 0.6 is 0 Å². The Hall–Kier alpha value is -0.860. The highest BCUT2D eigenvalue weighted by atomic mass is 15.4. The van der Waals surface area contributed by atoms with Crippen molar-refractivity contribution in [3.05, 3.63) is 0 Å². The SMILES string of the molecule is CCN=CC1(C)C[C@H]1[C@H](C)/C=N\N(C)CC. The van der Waals surface area contributed by atoms with E-state index in [0.29, 0.717) is 11.3 Å². The van der Waals surface area contributed by atoms with Gasteiger partial charge >= 0.3 is 0 Å². The van der Waals surface area contributed by atoms with Crippen LogP contribution in [-0.2, 0) is 0 Å². The maximum atomic E-state index is 4.41. The summed E-state index contributed by atoms with van der Waals surface area (Å²) in [5.41, 5.74) is 0.326. The molecule has 0 N–H and O–H groups in total. The average molecular weight is 223 g/mol. The number of aliphatic imine (C=N–C) groups is 1. The topological polar surface area (TPSA) is 28.0 Å². The first-order valence-electron chi connectivity index (χ1n) is 6.29. The van der Waals surface area contributed by atoms with Crippen molar-refractivity contribution in [1.82, 2.24) is 5.01 Å². The molecule has 3 heteroatoms. The molecule has 1 rings (SSSR count). The quantitative estimate of drug-likeness (QED) is 0.502. The van der Waals surface area contributed by atoms with E-state index in [4.69, 9.17) is 0 Å². The first-order chi connectivity index (χ1) is 7.53. The van der Waals surface area contributed by atoms with Crippen LogP contribution in [0.15, 0.2) is 10.1 Å². The van der Waals surface area contributed by atoms with Crippen LogP contribution in [0.5, 0.6) is 0 Å². The largest absolute Gasteiger partial charge is 0.301 e. The van der Waals surface area contributed by atoms with Crippen molar-refractivity contribution in [2.24, 2.45) is 27.3 Å². The third kappa shape index (κ3) is 3.32. The van der Waals surface area contributed by atoms with E-state index in [0.717, 1.165) is 19.0 Å². The first-order valence-corrected chi connectivity index (χ1v) is 6.29. The van der Waals surface area contributed by atoms with Gasteiger partial charge in [0.05, 0.1) is 0 Å². The van der Waals surface area contributed by atoms with Gasteiger partial charge in [-0.1, -0.05) is 13.8 Å². The Bertz CT molecular complexity index is 272. The zero-order chi connectivity index (χ0) is 12.2. The highest BCUT2D eigenvalue weighted by molar-refractivity contribution is 5.72. The molecule has 1 unspecified atom stereocenters. The van der Waals surface area contributed by atoms with Crippen molar-refractivity contribution in [2.75, 3.05) is 20.1 Å². The minimum Gasteiger partial charge on any atom is -0.301 e. The molecule has 0 heterocycles. The van der Waals surface area contributed by atoms with E-state index in [2.05, 4.69) is 50.2 Å². The Morgan fingerprint density at radius 2 is 2.19 bits per heavy atom. The van der Waals surface area contributed by atoms with Gasteiger partial charge in [-0.05, 0) is 32.1 Å². The lowest BCUT2D eigenvalue weighted by Crippen LogP contribution is -2.13. The second kappa shape index (κ2) is 5.46. The van der Waals surface area contributed by atoms with E-state index in [1.807, 2.05) is 12.1 Å². The van der Waals surface area contributed by atoms with E-state index in [1.54, 1.807) is 0 Å². The molecule has 92 valence electrons. The van der Waals surface area contributed by atoms with Crippen molar-refractivity contribution in [3.8, 4) is 0 Å². The summed E-state index contributed by atoms with van der Waals surface area (Å²) in [6.07, 6.45) is 5.48. The first kappa shape index (κ1) is 13.2. The number of rotatable bonds is 6. The van der Waals surface area contributed by atoms with Gasteiger partial charge in [-0.25, -0.2) is 0 Å². The standard InChI is InChI=1S/C13H25N3/c1-6-14-10-13(4)8-12(13)11(3)9-15-16(5)7-2/h9-12H,6-8H2,1-5H3/b14-10?,15-9-/t11-,12+,13?/m1/s1. The molecular formula is C13H25N3. The maximum Gasteiger partial charge on any atom is 0.0357 e. The van der Waals surface area contributed by atoms with Crippen LogP contribution in [0.4, 0.5) is 0 Å². The molecule has 1 aliphatic rings. The molecule has 0 aromatic rings. The Balaban J connectivity index is 2.44. The van der Waals surface area contributed by atoms with Crippen LogP contribution in [0.2, 0.25) is 0 Å². The summed E-state index contributed by atoms with van der Waals surface area (Å²) < 4.78 is 0. The van der Waals surface area contributed by atoms with E-state index in [-0.39, 0.29) is 0 Å². The van der Waals surface area contributed by atoms with Crippen LogP contribution in [0.25, 0.3) is 0 Å². The summed E-state index contributed by atoms with van der Waals surface area (Å²) in [6.45, 7) is 10.6. The van der Waals surface area contributed by atoms with Crippen LogP contribution in [0.3, 0.4) is 0 Å². The van der Waals surface area contributed by atoms with Gasteiger partial charge in [0.2, 0.25) is 0 Å². The van der Waals surface area contributed by atoms with Gasteiger partial charge in [-0.3, -0.25) is 4.99 Å². The molecule has 1 fully saturated rings. The van der Waals surface area contributed by atoms with Crippen molar-refractivity contribution in [1.29, 1.82) is 0 Å².